The third kappa shape index (κ3) is 2.93. The van der Waals surface area contributed by atoms with Crippen LogP contribution in [0.2, 0.25) is 5.02 Å². The van der Waals surface area contributed by atoms with Gasteiger partial charge in [0.15, 0.2) is 16.9 Å². The number of benzene rings is 2. The molecule has 3 heterocycles. The maximum Gasteiger partial charge on any atom is 0.296 e. The van der Waals surface area contributed by atoms with Gasteiger partial charge in [0.1, 0.15) is 11.4 Å². The van der Waals surface area contributed by atoms with Crippen LogP contribution in [0.15, 0.2) is 70.0 Å². The predicted molar refractivity (Wildman–Crippen MR) is 115 cm³/mol. The first-order valence-electron chi connectivity index (χ1n) is 9.37. The zero-order chi connectivity index (χ0) is 21.7. The molecule has 31 heavy (non-hydrogen) atoms. The van der Waals surface area contributed by atoms with E-state index < -0.39 is 11.9 Å². The number of phenolic OH excluding ortho intramolecular Hbond substituents is 1. The van der Waals surface area contributed by atoms with Gasteiger partial charge >= 0.3 is 0 Å². The average Bonchev–Trinajstić information content (AvgIpc) is 3.08. The summed E-state index contributed by atoms with van der Waals surface area (Å²) in [5, 5.41) is 10.7. The largest absolute Gasteiger partial charge is 0.504 e. The summed E-state index contributed by atoms with van der Waals surface area (Å²) in [6, 6.07) is 13.7. The van der Waals surface area contributed by atoms with E-state index in [1.54, 1.807) is 48.7 Å². The number of hydrogen-bond donors (Lipinski definition) is 1. The van der Waals surface area contributed by atoms with Gasteiger partial charge in [0.25, 0.3) is 5.91 Å². The van der Waals surface area contributed by atoms with Crippen molar-refractivity contribution in [1.29, 1.82) is 0 Å². The highest BCUT2D eigenvalue weighted by molar-refractivity contribution is 6.31. The fourth-order valence-corrected chi connectivity index (χ4v) is 4.03. The van der Waals surface area contributed by atoms with Crippen molar-refractivity contribution in [3.8, 4) is 11.5 Å². The number of amides is 1. The minimum atomic E-state index is -0.827. The first-order valence-corrected chi connectivity index (χ1v) is 9.75. The number of aromatic nitrogens is 1. The Morgan fingerprint density at radius 1 is 1.13 bits per heavy atom. The molecule has 0 radical (unpaired) electrons. The van der Waals surface area contributed by atoms with Crippen LogP contribution in [0.3, 0.4) is 0 Å². The lowest BCUT2D eigenvalue weighted by Gasteiger charge is -2.24. The second-order valence-corrected chi connectivity index (χ2v) is 7.45. The fraction of sp³-hybridized carbons (Fsp3) is 0.0870. The number of nitrogens with zero attached hydrogens (tertiary/aromatic N) is 2. The van der Waals surface area contributed by atoms with E-state index in [-0.39, 0.29) is 39.2 Å². The molecule has 5 rings (SSSR count). The van der Waals surface area contributed by atoms with Crippen molar-refractivity contribution in [2.75, 3.05) is 12.0 Å². The van der Waals surface area contributed by atoms with Crippen molar-refractivity contribution in [2.24, 2.45) is 0 Å². The van der Waals surface area contributed by atoms with Crippen molar-refractivity contribution in [3.05, 3.63) is 92.9 Å². The molecule has 0 bridgehead atoms. The van der Waals surface area contributed by atoms with Crippen LogP contribution in [0.5, 0.6) is 11.5 Å². The molecule has 0 saturated carbocycles. The first kappa shape index (κ1) is 19.1. The third-order valence-electron chi connectivity index (χ3n) is 5.25. The van der Waals surface area contributed by atoms with Crippen molar-refractivity contribution >= 4 is 34.3 Å². The second kappa shape index (κ2) is 7.14. The van der Waals surface area contributed by atoms with E-state index in [1.807, 2.05) is 0 Å². The molecule has 0 spiro atoms. The van der Waals surface area contributed by atoms with Crippen LogP contribution in [0, 0.1) is 0 Å². The minimum Gasteiger partial charge on any atom is -0.504 e. The quantitative estimate of drug-likeness (QED) is 0.516. The van der Waals surface area contributed by atoms with Gasteiger partial charge in [-0.15, -0.1) is 0 Å². The Balaban J connectivity index is 1.83. The van der Waals surface area contributed by atoms with Gasteiger partial charge in [-0.25, -0.2) is 4.98 Å². The van der Waals surface area contributed by atoms with Gasteiger partial charge in [-0.1, -0.05) is 23.7 Å². The number of anilines is 1. The molecule has 7 nitrogen and oxygen atoms in total. The number of ether oxygens (including phenoxy) is 1. The van der Waals surface area contributed by atoms with Gasteiger partial charge in [0.2, 0.25) is 5.76 Å². The second-order valence-electron chi connectivity index (χ2n) is 7.01. The molecule has 2 aromatic heterocycles. The van der Waals surface area contributed by atoms with Crippen LogP contribution in [0.4, 0.5) is 5.82 Å². The Hall–Kier alpha value is -3.84. The first-order chi connectivity index (χ1) is 15.0. The lowest BCUT2D eigenvalue weighted by Crippen LogP contribution is -2.30. The van der Waals surface area contributed by atoms with Crippen molar-refractivity contribution < 1.29 is 19.1 Å². The number of hydrogen-bond acceptors (Lipinski definition) is 6. The topological polar surface area (TPSA) is 92.9 Å². The van der Waals surface area contributed by atoms with Crippen molar-refractivity contribution in [3.63, 3.8) is 0 Å². The third-order valence-corrected chi connectivity index (χ3v) is 5.48. The molecule has 1 amide bonds. The van der Waals surface area contributed by atoms with Crippen LogP contribution in [0.1, 0.15) is 27.7 Å². The fourth-order valence-electron chi connectivity index (χ4n) is 3.86. The SMILES string of the molecule is COc1cc(C2c3c(oc4ccc(Cl)cc4c3=O)C(=O)N2c2ccccn2)ccc1O. The maximum absolute atomic E-state index is 13.5. The zero-order valence-electron chi connectivity index (χ0n) is 16.2. The lowest BCUT2D eigenvalue weighted by molar-refractivity contribution is 0.0970. The lowest BCUT2D eigenvalue weighted by atomic mass is 9.98. The summed E-state index contributed by atoms with van der Waals surface area (Å²) in [7, 11) is 1.42. The van der Waals surface area contributed by atoms with E-state index >= 15 is 0 Å². The number of rotatable bonds is 3. The molecule has 1 N–H and O–H groups in total. The van der Waals surface area contributed by atoms with E-state index in [4.69, 9.17) is 20.8 Å². The number of halogens is 1. The molecule has 4 aromatic rings. The highest BCUT2D eigenvalue weighted by Gasteiger charge is 2.44. The van der Waals surface area contributed by atoms with E-state index in [2.05, 4.69) is 4.98 Å². The molecule has 154 valence electrons. The van der Waals surface area contributed by atoms with E-state index in [1.165, 1.54) is 24.1 Å². The highest BCUT2D eigenvalue weighted by Crippen LogP contribution is 2.42. The van der Waals surface area contributed by atoms with Crippen LogP contribution in [-0.4, -0.2) is 23.1 Å². The number of fused-ring (bicyclic) bond motifs is 2. The molecular weight excluding hydrogens is 420 g/mol. The summed E-state index contributed by atoms with van der Waals surface area (Å²) >= 11 is 6.09. The number of aromatic hydroxyl groups is 1. The molecule has 8 heteroatoms. The highest BCUT2D eigenvalue weighted by atomic mass is 35.5. The molecule has 1 atom stereocenters. The van der Waals surface area contributed by atoms with Crippen LogP contribution in [-0.2, 0) is 0 Å². The molecular formula is C23H15ClN2O5. The summed E-state index contributed by atoms with van der Waals surface area (Å²) in [5.41, 5.74) is 0.647. The number of phenols is 1. The molecule has 1 aliphatic rings. The molecule has 0 aliphatic carbocycles. The Kier molecular flexibility index (Phi) is 4.41. The Morgan fingerprint density at radius 3 is 2.71 bits per heavy atom. The normalized spacial score (nSPS) is 15.4. The van der Waals surface area contributed by atoms with Gasteiger partial charge in [0, 0.05) is 11.2 Å². The number of carbonyl (C=O) groups is 1. The predicted octanol–water partition coefficient (Wildman–Crippen LogP) is 4.31. The average molecular weight is 435 g/mol. The summed E-state index contributed by atoms with van der Waals surface area (Å²) in [6.07, 6.45) is 1.56. The Labute approximate surface area is 181 Å². The monoisotopic (exact) mass is 434 g/mol. The van der Waals surface area contributed by atoms with Crippen LogP contribution >= 0.6 is 11.6 Å². The van der Waals surface area contributed by atoms with Crippen LogP contribution < -0.4 is 15.1 Å². The molecule has 2 aromatic carbocycles. The van der Waals surface area contributed by atoms with Crippen molar-refractivity contribution in [2.45, 2.75) is 6.04 Å². The van der Waals surface area contributed by atoms with Gasteiger partial charge in [0.05, 0.1) is 24.1 Å². The molecule has 0 fully saturated rings. The summed E-state index contributed by atoms with van der Waals surface area (Å²) < 4.78 is 11.1. The van der Waals surface area contributed by atoms with Crippen LogP contribution in [0.25, 0.3) is 11.0 Å². The standard InChI is InChI=1S/C23H15ClN2O5/c1-30-17-10-12(5-7-15(17)27)20-19-21(28)14-11-13(24)6-8-16(14)31-22(19)23(29)26(20)18-4-2-3-9-25-18/h2-11,20,27H,1H3. The van der Waals surface area contributed by atoms with Gasteiger partial charge in [-0.05, 0) is 48.0 Å². The smallest absolute Gasteiger partial charge is 0.296 e. The van der Waals surface area contributed by atoms with E-state index in [9.17, 15) is 14.7 Å². The summed E-state index contributed by atoms with van der Waals surface area (Å²) in [6.45, 7) is 0. The van der Waals surface area contributed by atoms with E-state index in [0.717, 1.165) is 0 Å². The van der Waals surface area contributed by atoms with Crippen molar-refractivity contribution in [1.82, 2.24) is 4.98 Å². The Morgan fingerprint density at radius 2 is 1.97 bits per heavy atom. The zero-order valence-corrected chi connectivity index (χ0v) is 17.0. The summed E-state index contributed by atoms with van der Waals surface area (Å²) in [5.74, 6) is -0.0234. The number of methoxy groups -OCH3 is 1. The molecule has 1 aliphatic heterocycles. The number of carbonyl (C=O) groups excluding carboxylic acids is 1. The molecule has 0 saturated heterocycles. The van der Waals surface area contributed by atoms with Gasteiger partial charge in [-0.2, -0.15) is 0 Å². The van der Waals surface area contributed by atoms with Gasteiger partial charge < -0.3 is 14.3 Å². The maximum atomic E-state index is 13.5. The molecule has 1 unspecified atom stereocenters. The Bertz CT molecular complexity index is 1400. The summed E-state index contributed by atoms with van der Waals surface area (Å²) in [4.78, 5) is 32.6. The van der Waals surface area contributed by atoms with E-state index in [0.29, 0.717) is 16.4 Å². The number of pyridine rings is 1. The van der Waals surface area contributed by atoms with Gasteiger partial charge in [-0.3, -0.25) is 14.5 Å². The minimum absolute atomic E-state index is 0.0532.